The van der Waals surface area contributed by atoms with Crippen LogP contribution >= 0.6 is 11.6 Å². The second-order valence-corrected chi connectivity index (χ2v) is 3.87. The van der Waals surface area contributed by atoms with Gasteiger partial charge in [-0.25, -0.2) is 0 Å². The van der Waals surface area contributed by atoms with Crippen molar-refractivity contribution in [3.05, 3.63) is 28.3 Å². The van der Waals surface area contributed by atoms with E-state index in [1.165, 1.54) is 7.05 Å². The summed E-state index contributed by atoms with van der Waals surface area (Å²) in [4.78, 5) is 0. The van der Waals surface area contributed by atoms with E-state index in [0.717, 1.165) is 6.07 Å². The van der Waals surface area contributed by atoms with Crippen molar-refractivity contribution < 1.29 is 23.4 Å². The lowest BCUT2D eigenvalue weighted by Crippen LogP contribution is -2.20. The first-order chi connectivity index (χ1) is 7.77. The Bertz CT molecular complexity index is 409. The molecule has 0 radical (unpaired) electrons. The SMILES string of the molecule is CNCC(O)c1cc(Cl)c(O)cc1C(F)(F)F. The fraction of sp³-hybridized carbons (Fsp3) is 0.400. The fourth-order valence-electron chi connectivity index (χ4n) is 1.40. The highest BCUT2D eigenvalue weighted by Gasteiger charge is 2.35. The van der Waals surface area contributed by atoms with Crippen molar-refractivity contribution in [3.63, 3.8) is 0 Å². The van der Waals surface area contributed by atoms with E-state index in [2.05, 4.69) is 5.32 Å². The second-order valence-electron chi connectivity index (χ2n) is 3.46. The summed E-state index contributed by atoms with van der Waals surface area (Å²) in [6.07, 6.45) is -6.01. The maximum atomic E-state index is 12.7. The minimum atomic E-state index is -4.66. The highest BCUT2D eigenvalue weighted by molar-refractivity contribution is 6.32. The van der Waals surface area contributed by atoms with Crippen molar-refractivity contribution >= 4 is 11.6 Å². The molecule has 0 bridgehead atoms. The van der Waals surface area contributed by atoms with Crippen molar-refractivity contribution in [2.75, 3.05) is 13.6 Å². The summed E-state index contributed by atoms with van der Waals surface area (Å²) in [6, 6.07) is 1.43. The Balaban J connectivity index is 3.31. The fourth-order valence-corrected chi connectivity index (χ4v) is 1.57. The van der Waals surface area contributed by atoms with E-state index in [9.17, 15) is 23.4 Å². The number of rotatable bonds is 3. The zero-order chi connectivity index (χ0) is 13.2. The average molecular weight is 270 g/mol. The van der Waals surface area contributed by atoms with Gasteiger partial charge in [-0.15, -0.1) is 0 Å². The molecule has 1 aromatic carbocycles. The molecule has 0 spiro atoms. The molecule has 1 atom stereocenters. The Morgan fingerprint density at radius 2 is 2.00 bits per heavy atom. The third kappa shape index (κ3) is 3.24. The molecule has 0 heterocycles. The van der Waals surface area contributed by atoms with E-state index >= 15 is 0 Å². The van der Waals surface area contributed by atoms with Gasteiger partial charge in [0.25, 0.3) is 0 Å². The van der Waals surface area contributed by atoms with E-state index in [1.807, 2.05) is 0 Å². The van der Waals surface area contributed by atoms with E-state index in [4.69, 9.17) is 11.6 Å². The van der Waals surface area contributed by atoms with E-state index < -0.39 is 23.6 Å². The zero-order valence-corrected chi connectivity index (χ0v) is 9.60. The molecule has 1 aromatic rings. The molecule has 17 heavy (non-hydrogen) atoms. The summed E-state index contributed by atoms with van der Waals surface area (Å²) in [7, 11) is 1.50. The minimum Gasteiger partial charge on any atom is -0.506 e. The van der Waals surface area contributed by atoms with E-state index in [0.29, 0.717) is 6.07 Å². The summed E-state index contributed by atoms with van der Waals surface area (Å²) in [6.45, 7) is -0.0514. The Morgan fingerprint density at radius 3 is 2.47 bits per heavy atom. The van der Waals surface area contributed by atoms with Gasteiger partial charge in [-0.05, 0) is 24.7 Å². The van der Waals surface area contributed by atoms with Gasteiger partial charge in [-0.1, -0.05) is 11.6 Å². The molecule has 96 valence electrons. The molecular weight excluding hydrogens is 259 g/mol. The van der Waals surface area contributed by atoms with Gasteiger partial charge in [0.15, 0.2) is 0 Å². The normalized spacial score (nSPS) is 13.8. The molecule has 7 heteroatoms. The van der Waals surface area contributed by atoms with Crippen LogP contribution in [0.1, 0.15) is 17.2 Å². The quantitative estimate of drug-likeness (QED) is 0.789. The van der Waals surface area contributed by atoms with E-state index in [1.54, 1.807) is 0 Å². The van der Waals surface area contributed by atoms with Gasteiger partial charge in [0.1, 0.15) is 5.75 Å². The van der Waals surface area contributed by atoms with Gasteiger partial charge in [0.2, 0.25) is 0 Å². The number of alkyl halides is 3. The maximum Gasteiger partial charge on any atom is 0.416 e. The Hall–Kier alpha value is -0.980. The molecule has 1 unspecified atom stereocenters. The van der Waals surface area contributed by atoms with Crippen LogP contribution in [0.25, 0.3) is 0 Å². The molecule has 0 aliphatic heterocycles. The lowest BCUT2D eigenvalue weighted by Gasteiger charge is -2.18. The molecule has 0 saturated heterocycles. The van der Waals surface area contributed by atoms with Crippen LogP contribution in [-0.2, 0) is 6.18 Å². The molecule has 3 nitrogen and oxygen atoms in total. The number of aliphatic hydroxyl groups excluding tert-OH is 1. The van der Waals surface area contributed by atoms with Crippen molar-refractivity contribution in [2.45, 2.75) is 12.3 Å². The molecule has 0 saturated carbocycles. The zero-order valence-electron chi connectivity index (χ0n) is 8.85. The monoisotopic (exact) mass is 269 g/mol. The second kappa shape index (κ2) is 5.12. The number of phenols is 1. The summed E-state index contributed by atoms with van der Waals surface area (Å²) in [5.74, 6) is -0.667. The number of likely N-dealkylation sites (N-methyl/N-ethyl adjacent to an activating group) is 1. The standard InChI is InChI=1S/C10H11ClF3NO2/c1-15-4-9(17)5-2-7(11)8(16)3-6(5)10(12,13)14/h2-3,9,15-17H,4H2,1H3. The average Bonchev–Trinajstić information content (AvgIpc) is 2.20. The largest absolute Gasteiger partial charge is 0.506 e. The molecule has 0 fully saturated rings. The van der Waals surface area contributed by atoms with Crippen LogP contribution < -0.4 is 5.32 Å². The lowest BCUT2D eigenvalue weighted by molar-refractivity contribution is -0.139. The summed E-state index contributed by atoms with van der Waals surface area (Å²) < 4.78 is 38.0. The molecule has 0 amide bonds. The number of nitrogens with one attached hydrogen (secondary N) is 1. The van der Waals surface area contributed by atoms with Crippen LogP contribution in [0.5, 0.6) is 5.75 Å². The Morgan fingerprint density at radius 1 is 1.41 bits per heavy atom. The topological polar surface area (TPSA) is 52.5 Å². The van der Waals surface area contributed by atoms with Crippen LogP contribution in [0.15, 0.2) is 12.1 Å². The summed E-state index contributed by atoms with van der Waals surface area (Å²) in [5, 5.41) is 21.1. The highest BCUT2D eigenvalue weighted by Crippen LogP contribution is 2.39. The number of aliphatic hydroxyl groups is 1. The van der Waals surface area contributed by atoms with Gasteiger partial charge in [0.05, 0.1) is 16.7 Å². The first-order valence-corrected chi connectivity index (χ1v) is 5.07. The Labute approximate surface area is 101 Å². The van der Waals surface area contributed by atoms with Crippen LogP contribution in [-0.4, -0.2) is 23.8 Å². The predicted octanol–water partition coefficient (Wildman–Crippen LogP) is 2.32. The van der Waals surface area contributed by atoms with Gasteiger partial charge in [0, 0.05) is 6.54 Å². The minimum absolute atomic E-state index is 0.0514. The molecule has 0 aliphatic rings. The van der Waals surface area contributed by atoms with Crippen LogP contribution in [0, 0.1) is 0 Å². The third-order valence-corrected chi connectivity index (χ3v) is 2.48. The molecule has 3 N–H and O–H groups in total. The van der Waals surface area contributed by atoms with Gasteiger partial charge in [-0.2, -0.15) is 13.2 Å². The summed E-state index contributed by atoms with van der Waals surface area (Å²) in [5.41, 5.74) is -1.46. The van der Waals surface area contributed by atoms with Crippen LogP contribution in [0.2, 0.25) is 5.02 Å². The lowest BCUT2D eigenvalue weighted by atomic mass is 10.0. The number of hydrogen-bond acceptors (Lipinski definition) is 3. The van der Waals surface area contributed by atoms with Crippen LogP contribution in [0.3, 0.4) is 0 Å². The van der Waals surface area contributed by atoms with Crippen molar-refractivity contribution in [3.8, 4) is 5.75 Å². The Kier molecular flexibility index (Phi) is 4.24. The van der Waals surface area contributed by atoms with Crippen LogP contribution in [0.4, 0.5) is 13.2 Å². The first kappa shape index (κ1) is 14.1. The van der Waals surface area contributed by atoms with Crippen molar-refractivity contribution in [2.24, 2.45) is 0 Å². The van der Waals surface area contributed by atoms with E-state index in [-0.39, 0.29) is 17.1 Å². The molecule has 1 rings (SSSR count). The smallest absolute Gasteiger partial charge is 0.416 e. The highest BCUT2D eigenvalue weighted by atomic mass is 35.5. The number of benzene rings is 1. The van der Waals surface area contributed by atoms with Crippen molar-refractivity contribution in [1.29, 1.82) is 0 Å². The predicted molar refractivity (Wildman–Crippen MR) is 57.0 cm³/mol. The van der Waals surface area contributed by atoms with Gasteiger partial charge in [-0.3, -0.25) is 0 Å². The molecule has 0 aromatic heterocycles. The first-order valence-electron chi connectivity index (χ1n) is 4.69. The number of hydrogen-bond donors (Lipinski definition) is 3. The maximum absolute atomic E-state index is 12.7. The van der Waals surface area contributed by atoms with Crippen molar-refractivity contribution in [1.82, 2.24) is 5.32 Å². The number of phenolic OH excluding ortho intramolecular Hbond substituents is 1. The third-order valence-electron chi connectivity index (χ3n) is 2.18. The number of aromatic hydroxyl groups is 1. The molecule has 0 aliphatic carbocycles. The summed E-state index contributed by atoms with van der Waals surface area (Å²) >= 11 is 5.53. The van der Waals surface area contributed by atoms with Gasteiger partial charge >= 0.3 is 6.18 Å². The number of halogens is 4. The van der Waals surface area contributed by atoms with Gasteiger partial charge < -0.3 is 15.5 Å². The molecular formula is C10H11ClF3NO2.